The van der Waals surface area contributed by atoms with Crippen LogP contribution >= 0.6 is 34.4 Å². The van der Waals surface area contributed by atoms with Crippen molar-refractivity contribution in [3.05, 3.63) is 44.1 Å². The molecular formula is C17H14N4O2S3. The fourth-order valence-corrected chi connectivity index (χ4v) is 5.73. The van der Waals surface area contributed by atoms with Gasteiger partial charge in [0.15, 0.2) is 0 Å². The van der Waals surface area contributed by atoms with Crippen LogP contribution in [0.15, 0.2) is 31.9 Å². The van der Waals surface area contributed by atoms with Crippen molar-refractivity contribution >= 4 is 44.7 Å². The molecule has 0 amide bonds. The summed E-state index contributed by atoms with van der Waals surface area (Å²) in [5.41, 5.74) is 1.18. The van der Waals surface area contributed by atoms with Gasteiger partial charge < -0.3 is 9.40 Å². The molecule has 0 fully saturated rings. The van der Waals surface area contributed by atoms with Gasteiger partial charge in [-0.05, 0) is 42.7 Å². The molecule has 0 saturated heterocycles. The molecule has 0 aliphatic heterocycles. The topological polar surface area (TPSA) is 84.7 Å². The number of aryl methyl sites for hydroxylation is 2. The number of fused-ring (bicyclic) bond motifs is 3. The third-order valence-electron chi connectivity index (χ3n) is 4.34. The van der Waals surface area contributed by atoms with E-state index in [1.54, 1.807) is 22.7 Å². The zero-order chi connectivity index (χ0) is 17.5. The summed E-state index contributed by atoms with van der Waals surface area (Å²) in [7, 11) is 0. The third kappa shape index (κ3) is 2.89. The first kappa shape index (κ1) is 16.2. The second-order valence-electron chi connectivity index (χ2n) is 6.04. The first-order valence-corrected chi connectivity index (χ1v) is 11.0. The summed E-state index contributed by atoms with van der Waals surface area (Å²) in [6, 6.07) is 3.89. The lowest BCUT2D eigenvalue weighted by Crippen LogP contribution is -2.12. The van der Waals surface area contributed by atoms with Gasteiger partial charge in [0.05, 0.1) is 16.0 Å². The van der Waals surface area contributed by atoms with Gasteiger partial charge in [0.2, 0.25) is 0 Å². The van der Waals surface area contributed by atoms with Crippen LogP contribution in [-0.4, -0.2) is 20.2 Å². The summed E-state index contributed by atoms with van der Waals surface area (Å²) < 4.78 is 5.67. The van der Waals surface area contributed by atoms with Gasteiger partial charge in [-0.25, -0.2) is 4.98 Å². The van der Waals surface area contributed by atoms with E-state index in [-0.39, 0.29) is 5.56 Å². The minimum absolute atomic E-state index is 0.0326. The van der Waals surface area contributed by atoms with Crippen LogP contribution in [0.1, 0.15) is 29.1 Å². The van der Waals surface area contributed by atoms with Crippen LogP contribution in [0.4, 0.5) is 0 Å². The smallest absolute Gasteiger partial charge is 0.277 e. The Labute approximate surface area is 160 Å². The van der Waals surface area contributed by atoms with Crippen molar-refractivity contribution in [3.63, 3.8) is 0 Å². The van der Waals surface area contributed by atoms with Crippen molar-refractivity contribution in [2.45, 2.75) is 36.7 Å². The molecule has 0 bridgehead atoms. The number of H-pyrrole nitrogens is 1. The molecule has 132 valence electrons. The SMILES string of the molecule is O=c1[nH]c(CSc2nnc(-c3cccs3)o2)nc2sc3c(c12)CCCC3. The van der Waals surface area contributed by atoms with Crippen LogP contribution in [0.3, 0.4) is 0 Å². The Morgan fingerprint density at radius 2 is 2.19 bits per heavy atom. The molecule has 0 saturated carbocycles. The monoisotopic (exact) mass is 402 g/mol. The van der Waals surface area contributed by atoms with Gasteiger partial charge in [0.25, 0.3) is 16.7 Å². The zero-order valence-corrected chi connectivity index (χ0v) is 16.1. The molecular weight excluding hydrogens is 388 g/mol. The van der Waals surface area contributed by atoms with Gasteiger partial charge in [0, 0.05) is 4.88 Å². The zero-order valence-electron chi connectivity index (χ0n) is 13.7. The molecule has 4 heterocycles. The van der Waals surface area contributed by atoms with Crippen molar-refractivity contribution in [1.29, 1.82) is 0 Å². The predicted octanol–water partition coefficient (Wildman–Crippen LogP) is 4.27. The molecule has 4 aromatic heterocycles. The normalized spacial score (nSPS) is 14.0. The molecule has 4 aromatic rings. The number of thiophene rings is 2. The number of nitrogens with zero attached hydrogens (tertiary/aromatic N) is 3. The molecule has 5 rings (SSSR count). The maximum atomic E-state index is 12.6. The number of aromatic nitrogens is 4. The lowest BCUT2D eigenvalue weighted by molar-refractivity contribution is 0.466. The molecule has 0 unspecified atom stereocenters. The largest absolute Gasteiger partial charge is 0.410 e. The summed E-state index contributed by atoms with van der Waals surface area (Å²) in [6.07, 6.45) is 4.40. The summed E-state index contributed by atoms with van der Waals surface area (Å²) in [5, 5.41) is 11.4. The van der Waals surface area contributed by atoms with E-state index in [0.29, 0.717) is 22.7 Å². The predicted molar refractivity (Wildman–Crippen MR) is 104 cm³/mol. The van der Waals surface area contributed by atoms with Crippen molar-refractivity contribution in [2.75, 3.05) is 0 Å². The Balaban J connectivity index is 1.39. The number of aromatic amines is 1. The van der Waals surface area contributed by atoms with Crippen LogP contribution in [0, 0.1) is 0 Å². The maximum Gasteiger partial charge on any atom is 0.277 e. The van der Waals surface area contributed by atoms with Crippen molar-refractivity contribution in [1.82, 2.24) is 20.2 Å². The van der Waals surface area contributed by atoms with E-state index in [9.17, 15) is 4.79 Å². The van der Waals surface area contributed by atoms with Gasteiger partial charge in [-0.2, -0.15) is 0 Å². The number of thioether (sulfide) groups is 1. The summed E-state index contributed by atoms with van der Waals surface area (Å²) >= 11 is 4.60. The van der Waals surface area contributed by atoms with E-state index in [0.717, 1.165) is 34.4 Å². The molecule has 9 heteroatoms. The molecule has 1 aliphatic carbocycles. The van der Waals surface area contributed by atoms with Gasteiger partial charge in [-0.3, -0.25) is 4.79 Å². The molecule has 0 atom stereocenters. The minimum Gasteiger partial charge on any atom is -0.410 e. The standard InChI is InChI=1S/C17H14N4O2S3/c22-14-13-9-4-1-2-5-10(9)26-16(13)19-12(18-14)8-25-17-21-20-15(23-17)11-6-3-7-24-11/h3,6-7H,1-2,4-5,8H2,(H,18,19,22). The van der Waals surface area contributed by atoms with Crippen LogP contribution < -0.4 is 5.56 Å². The molecule has 1 N–H and O–H groups in total. The number of rotatable bonds is 4. The Bertz CT molecular complexity index is 1130. The van der Waals surface area contributed by atoms with Crippen molar-refractivity contribution in [2.24, 2.45) is 0 Å². The third-order valence-corrected chi connectivity index (χ3v) is 7.22. The number of hydrogen-bond acceptors (Lipinski definition) is 8. The maximum absolute atomic E-state index is 12.6. The first-order chi connectivity index (χ1) is 12.8. The van der Waals surface area contributed by atoms with E-state index in [1.807, 2.05) is 17.5 Å². The van der Waals surface area contributed by atoms with Gasteiger partial charge >= 0.3 is 0 Å². The fraction of sp³-hybridized carbons (Fsp3) is 0.294. The Morgan fingerprint density at radius 3 is 3.08 bits per heavy atom. The first-order valence-electron chi connectivity index (χ1n) is 8.31. The van der Waals surface area contributed by atoms with Crippen molar-refractivity contribution < 1.29 is 4.42 Å². The van der Waals surface area contributed by atoms with Gasteiger partial charge in [0.1, 0.15) is 10.7 Å². The molecule has 6 nitrogen and oxygen atoms in total. The van der Waals surface area contributed by atoms with Crippen LogP contribution in [-0.2, 0) is 18.6 Å². The molecule has 0 spiro atoms. The molecule has 0 radical (unpaired) electrons. The van der Waals surface area contributed by atoms with Crippen LogP contribution in [0.25, 0.3) is 21.0 Å². The van der Waals surface area contributed by atoms with Crippen molar-refractivity contribution in [3.8, 4) is 10.8 Å². The minimum atomic E-state index is -0.0326. The second-order valence-corrected chi connectivity index (χ2v) is 9.00. The lowest BCUT2D eigenvalue weighted by Gasteiger charge is -2.09. The Morgan fingerprint density at radius 1 is 1.27 bits per heavy atom. The van der Waals surface area contributed by atoms with E-state index >= 15 is 0 Å². The van der Waals surface area contributed by atoms with E-state index in [1.165, 1.54) is 28.6 Å². The molecule has 26 heavy (non-hydrogen) atoms. The average Bonchev–Trinajstić information content (AvgIpc) is 3.37. The van der Waals surface area contributed by atoms with Gasteiger partial charge in [-0.15, -0.1) is 32.9 Å². The van der Waals surface area contributed by atoms with Crippen LogP contribution in [0.5, 0.6) is 0 Å². The number of hydrogen-bond donors (Lipinski definition) is 1. The highest BCUT2D eigenvalue weighted by atomic mass is 32.2. The lowest BCUT2D eigenvalue weighted by atomic mass is 9.97. The summed E-state index contributed by atoms with van der Waals surface area (Å²) in [5.74, 6) is 1.65. The highest BCUT2D eigenvalue weighted by Gasteiger charge is 2.20. The summed E-state index contributed by atoms with van der Waals surface area (Å²) in [6.45, 7) is 0. The fourth-order valence-electron chi connectivity index (χ4n) is 3.17. The average molecular weight is 403 g/mol. The summed E-state index contributed by atoms with van der Waals surface area (Å²) in [4.78, 5) is 23.3. The van der Waals surface area contributed by atoms with Crippen LogP contribution in [0.2, 0.25) is 0 Å². The Hall–Kier alpha value is -1.97. The molecule has 1 aliphatic rings. The second kappa shape index (κ2) is 6.64. The van der Waals surface area contributed by atoms with Gasteiger partial charge in [-0.1, -0.05) is 17.8 Å². The molecule has 0 aromatic carbocycles. The van der Waals surface area contributed by atoms with E-state index in [2.05, 4.69) is 20.2 Å². The quantitative estimate of drug-likeness (QED) is 0.513. The van der Waals surface area contributed by atoms with E-state index < -0.39 is 0 Å². The highest BCUT2D eigenvalue weighted by molar-refractivity contribution is 7.98. The van der Waals surface area contributed by atoms with E-state index in [4.69, 9.17) is 4.42 Å². The Kier molecular flexibility index (Phi) is 4.14. The highest BCUT2D eigenvalue weighted by Crippen LogP contribution is 2.34. The number of nitrogens with one attached hydrogen (secondary N) is 1.